The zero-order valence-corrected chi connectivity index (χ0v) is 17.4. The van der Waals surface area contributed by atoms with Crippen molar-refractivity contribution in [2.24, 2.45) is 0 Å². The zero-order chi connectivity index (χ0) is 21.8. The van der Waals surface area contributed by atoms with Gasteiger partial charge in [0.1, 0.15) is 0 Å². The highest BCUT2D eigenvalue weighted by Gasteiger charge is 2.34. The molecule has 7 heteroatoms. The fraction of sp³-hybridized carbons (Fsp3) is 0.304. The SMILES string of the molecule is CCNC(=O)c1ccc(C)c(NC(=O)CCCN2C(=O)c3ccc(C)cc3C2=O)c1. The third-order valence-corrected chi connectivity index (χ3v) is 5.02. The van der Waals surface area contributed by atoms with Crippen molar-refractivity contribution >= 4 is 29.3 Å². The van der Waals surface area contributed by atoms with Gasteiger partial charge in [0, 0.05) is 30.8 Å². The molecule has 4 amide bonds. The molecule has 0 bridgehead atoms. The highest BCUT2D eigenvalue weighted by molar-refractivity contribution is 6.21. The van der Waals surface area contributed by atoms with Crippen molar-refractivity contribution in [1.29, 1.82) is 0 Å². The van der Waals surface area contributed by atoms with Crippen molar-refractivity contribution in [2.75, 3.05) is 18.4 Å². The minimum absolute atomic E-state index is 0.150. The first-order chi connectivity index (χ1) is 14.3. The number of imide groups is 1. The second kappa shape index (κ2) is 8.90. The summed E-state index contributed by atoms with van der Waals surface area (Å²) in [6.07, 6.45) is 0.503. The minimum atomic E-state index is -0.319. The molecule has 0 atom stereocenters. The number of anilines is 1. The van der Waals surface area contributed by atoms with E-state index in [-0.39, 0.29) is 36.6 Å². The van der Waals surface area contributed by atoms with Crippen LogP contribution >= 0.6 is 0 Å². The molecule has 2 aromatic carbocycles. The number of carbonyl (C=O) groups excluding carboxylic acids is 4. The van der Waals surface area contributed by atoms with E-state index in [9.17, 15) is 19.2 Å². The van der Waals surface area contributed by atoms with Crippen LogP contribution in [0.15, 0.2) is 36.4 Å². The minimum Gasteiger partial charge on any atom is -0.352 e. The highest BCUT2D eigenvalue weighted by atomic mass is 16.2. The number of fused-ring (bicyclic) bond motifs is 1. The van der Waals surface area contributed by atoms with E-state index in [2.05, 4.69) is 10.6 Å². The van der Waals surface area contributed by atoms with E-state index in [1.807, 2.05) is 20.8 Å². The maximum absolute atomic E-state index is 12.5. The molecule has 0 saturated carbocycles. The molecule has 0 fully saturated rings. The number of hydrogen-bond acceptors (Lipinski definition) is 4. The standard InChI is InChI=1S/C23H25N3O4/c1-4-24-21(28)16-9-8-15(3)19(13-16)25-20(27)6-5-11-26-22(29)17-10-7-14(2)12-18(17)23(26)30/h7-10,12-13H,4-6,11H2,1-3H3,(H,24,28)(H,25,27). The predicted octanol–water partition coefficient (Wildman–Crippen LogP) is 3.07. The Hall–Kier alpha value is -3.48. The number of carbonyl (C=O) groups is 4. The molecule has 1 heterocycles. The molecule has 1 aliphatic rings. The lowest BCUT2D eigenvalue weighted by molar-refractivity contribution is -0.116. The third-order valence-electron chi connectivity index (χ3n) is 5.02. The van der Waals surface area contributed by atoms with Gasteiger partial charge in [0.2, 0.25) is 5.91 Å². The van der Waals surface area contributed by atoms with Gasteiger partial charge in [-0.15, -0.1) is 0 Å². The quantitative estimate of drug-likeness (QED) is 0.690. The monoisotopic (exact) mass is 407 g/mol. The Labute approximate surface area is 175 Å². The van der Waals surface area contributed by atoms with Crippen LogP contribution in [0.5, 0.6) is 0 Å². The van der Waals surface area contributed by atoms with Crippen LogP contribution in [0.25, 0.3) is 0 Å². The predicted molar refractivity (Wildman–Crippen MR) is 114 cm³/mol. The van der Waals surface area contributed by atoms with Crippen molar-refractivity contribution in [3.8, 4) is 0 Å². The molecule has 0 aromatic heterocycles. The zero-order valence-electron chi connectivity index (χ0n) is 17.4. The molecule has 7 nitrogen and oxygen atoms in total. The number of rotatable bonds is 7. The molecule has 0 aliphatic carbocycles. The number of nitrogens with zero attached hydrogens (tertiary/aromatic N) is 1. The van der Waals surface area contributed by atoms with Crippen molar-refractivity contribution in [3.63, 3.8) is 0 Å². The number of hydrogen-bond donors (Lipinski definition) is 2. The van der Waals surface area contributed by atoms with Crippen LogP contribution in [0.4, 0.5) is 5.69 Å². The van der Waals surface area contributed by atoms with Gasteiger partial charge in [-0.3, -0.25) is 24.1 Å². The van der Waals surface area contributed by atoms with Crippen LogP contribution in [0, 0.1) is 13.8 Å². The van der Waals surface area contributed by atoms with Gasteiger partial charge in [0.05, 0.1) is 11.1 Å². The first-order valence-corrected chi connectivity index (χ1v) is 9.97. The molecule has 30 heavy (non-hydrogen) atoms. The van der Waals surface area contributed by atoms with E-state index in [0.29, 0.717) is 35.3 Å². The largest absolute Gasteiger partial charge is 0.352 e. The van der Waals surface area contributed by atoms with E-state index in [0.717, 1.165) is 11.1 Å². The number of aryl methyl sites for hydroxylation is 2. The second-order valence-corrected chi connectivity index (χ2v) is 7.35. The lowest BCUT2D eigenvalue weighted by atomic mass is 10.1. The molecular weight excluding hydrogens is 382 g/mol. The van der Waals surface area contributed by atoms with Gasteiger partial charge >= 0.3 is 0 Å². The molecule has 3 rings (SSSR count). The highest BCUT2D eigenvalue weighted by Crippen LogP contribution is 2.24. The van der Waals surface area contributed by atoms with Gasteiger partial charge in [0.15, 0.2) is 0 Å². The van der Waals surface area contributed by atoms with Gasteiger partial charge in [-0.05, 0) is 57.0 Å². The number of nitrogens with one attached hydrogen (secondary N) is 2. The van der Waals surface area contributed by atoms with E-state index in [4.69, 9.17) is 0 Å². The summed E-state index contributed by atoms with van der Waals surface area (Å²) in [4.78, 5) is 50.5. The lowest BCUT2D eigenvalue weighted by Crippen LogP contribution is -2.31. The smallest absolute Gasteiger partial charge is 0.261 e. The van der Waals surface area contributed by atoms with Gasteiger partial charge in [-0.25, -0.2) is 0 Å². The molecule has 1 aliphatic heterocycles. The lowest BCUT2D eigenvalue weighted by Gasteiger charge is -2.14. The number of amides is 4. The summed E-state index contributed by atoms with van der Waals surface area (Å²) in [5.41, 5.74) is 3.63. The van der Waals surface area contributed by atoms with E-state index >= 15 is 0 Å². The molecule has 0 spiro atoms. The summed E-state index contributed by atoms with van der Waals surface area (Å²) in [5.74, 6) is -1.07. The van der Waals surface area contributed by atoms with Gasteiger partial charge in [0.25, 0.3) is 17.7 Å². The van der Waals surface area contributed by atoms with Crippen molar-refractivity contribution in [3.05, 3.63) is 64.2 Å². The van der Waals surface area contributed by atoms with Crippen molar-refractivity contribution < 1.29 is 19.2 Å². The summed E-state index contributed by atoms with van der Waals surface area (Å²) in [5, 5.41) is 5.54. The van der Waals surface area contributed by atoms with Gasteiger partial charge in [-0.2, -0.15) is 0 Å². The number of benzene rings is 2. The molecule has 2 aromatic rings. The average Bonchev–Trinajstić information content (AvgIpc) is 2.94. The summed E-state index contributed by atoms with van der Waals surface area (Å²) >= 11 is 0. The molecule has 156 valence electrons. The van der Waals surface area contributed by atoms with Crippen molar-refractivity contribution in [1.82, 2.24) is 10.2 Å². The Morgan fingerprint density at radius 2 is 1.70 bits per heavy atom. The van der Waals surface area contributed by atoms with Crippen LogP contribution in [0.1, 0.15) is 62.0 Å². The Kier molecular flexibility index (Phi) is 6.30. The third kappa shape index (κ3) is 4.40. The maximum Gasteiger partial charge on any atom is 0.261 e. The average molecular weight is 407 g/mol. The summed E-state index contributed by atoms with van der Waals surface area (Å²) in [6.45, 7) is 6.25. The van der Waals surface area contributed by atoms with Gasteiger partial charge < -0.3 is 10.6 Å². The molecule has 0 saturated heterocycles. The molecule has 0 radical (unpaired) electrons. The fourth-order valence-corrected chi connectivity index (χ4v) is 3.38. The summed E-state index contributed by atoms with van der Waals surface area (Å²) in [6, 6.07) is 10.3. The van der Waals surface area contributed by atoms with Crippen LogP contribution in [0.2, 0.25) is 0 Å². The second-order valence-electron chi connectivity index (χ2n) is 7.35. The Morgan fingerprint density at radius 1 is 0.967 bits per heavy atom. The maximum atomic E-state index is 12.5. The van der Waals surface area contributed by atoms with E-state index in [1.54, 1.807) is 36.4 Å². The van der Waals surface area contributed by atoms with Gasteiger partial charge in [-0.1, -0.05) is 17.7 Å². The first kappa shape index (κ1) is 21.2. The Balaban J connectivity index is 1.57. The fourth-order valence-electron chi connectivity index (χ4n) is 3.38. The summed E-state index contributed by atoms with van der Waals surface area (Å²) < 4.78 is 0. The van der Waals surface area contributed by atoms with E-state index in [1.165, 1.54) is 4.90 Å². The molecule has 0 unspecified atom stereocenters. The van der Waals surface area contributed by atoms with Crippen LogP contribution in [-0.2, 0) is 4.79 Å². The van der Waals surface area contributed by atoms with E-state index < -0.39 is 0 Å². The van der Waals surface area contributed by atoms with Crippen LogP contribution in [0.3, 0.4) is 0 Å². The summed E-state index contributed by atoms with van der Waals surface area (Å²) in [7, 11) is 0. The van der Waals surface area contributed by atoms with Crippen LogP contribution in [-0.4, -0.2) is 41.6 Å². The van der Waals surface area contributed by atoms with Crippen LogP contribution < -0.4 is 10.6 Å². The molecule has 2 N–H and O–H groups in total. The van der Waals surface area contributed by atoms with Crippen molar-refractivity contribution in [2.45, 2.75) is 33.6 Å². The molecular formula is C23H25N3O4. The normalized spacial score (nSPS) is 12.7. The Morgan fingerprint density at radius 3 is 2.43 bits per heavy atom. The Bertz CT molecular complexity index is 1030. The topological polar surface area (TPSA) is 95.6 Å². The first-order valence-electron chi connectivity index (χ1n) is 9.97.